The summed E-state index contributed by atoms with van der Waals surface area (Å²) >= 11 is 1.31. The van der Waals surface area contributed by atoms with Gasteiger partial charge in [0.2, 0.25) is 5.91 Å². The van der Waals surface area contributed by atoms with E-state index >= 15 is 0 Å². The molecule has 3 aromatic rings. The predicted molar refractivity (Wildman–Crippen MR) is 95.4 cm³/mol. The second-order valence-electron chi connectivity index (χ2n) is 5.49. The molecule has 0 aliphatic heterocycles. The summed E-state index contributed by atoms with van der Waals surface area (Å²) in [7, 11) is 1.90. The van der Waals surface area contributed by atoms with Gasteiger partial charge >= 0.3 is 0 Å². The molecule has 0 radical (unpaired) electrons. The maximum atomic E-state index is 11.9. The number of carbonyl (C=O) groups is 1. The largest absolute Gasteiger partial charge is 0.368 e. The molecule has 0 spiro atoms. The fraction of sp³-hybridized carbons (Fsp3) is 0.167. The van der Waals surface area contributed by atoms with Crippen molar-refractivity contribution in [1.29, 1.82) is 0 Å². The van der Waals surface area contributed by atoms with Gasteiger partial charge in [-0.15, -0.1) is 10.2 Å². The van der Waals surface area contributed by atoms with E-state index in [-0.39, 0.29) is 0 Å². The second-order valence-corrected chi connectivity index (χ2v) is 6.56. The molecule has 1 heterocycles. The van der Waals surface area contributed by atoms with Gasteiger partial charge in [-0.2, -0.15) is 0 Å². The predicted octanol–water partition coefficient (Wildman–Crippen LogP) is 3.11. The van der Waals surface area contributed by atoms with E-state index in [0.717, 1.165) is 22.5 Å². The van der Waals surface area contributed by atoms with Crippen molar-refractivity contribution in [2.45, 2.75) is 17.3 Å². The Hall–Kier alpha value is -2.60. The van der Waals surface area contributed by atoms with Gasteiger partial charge in [0.05, 0.1) is 0 Å². The normalized spacial score (nSPS) is 12.1. The van der Waals surface area contributed by atoms with Gasteiger partial charge in [0.25, 0.3) is 0 Å². The van der Waals surface area contributed by atoms with Gasteiger partial charge in [0.15, 0.2) is 11.0 Å². The first-order valence-corrected chi connectivity index (χ1v) is 8.42. The SMILES string of the molecule is Cc1ccccc1-c1nnc(SC(C(N)=O)c2ccccc2)n1C. The lowest BCUT2D eigenvalue weighted by Gasteiger charge is -2.13. The van der Waals surface area contributed by atoms with Crippen LogP contribution in [-0.2, 0) is 11.8 Å². The summed E-state index contributed by atoms with van der Waals surface area (Å²) in [6.07, 6.45) is 0. The first-order chi connectivity index (χ1) is 11.6. The summed E-state index contributed by atoms with van der Waals surface area (Å²) in [5.41, 5.74) is 8.60. The van der Waals surface area contributed by atoms with E-state index in [1.54, 1.807) is 0 Å². The van der Waals surface area contributed by atoms with Crippen molar-refractivity contribution in [3.8, 4) is 11.4 Å². The summed E-state index contributed by atoms with van der Waals surface area (Å²) in [6.45, 7) is 2.03. The molecule has 0 saturated carbocycles. The quantitative estimate of drug-likeness (QED) is 0.726. The highest BCUT2D eigenvalue weighted by molar-refractivity contribution is 8.00. The van der Waals surface area contributed by atoms with Gasteiger partial charge in [0.1, 0.15) is 5.25 Å². The first-order valence-electron chi connectivity index (χ1n) is 7.54. The van der Waals surface area contributed by atoms with Crippen molar-refractivity contribution in [3.63, 3.8) is 0 Å². The third-order valence-corrected chi connectivity index (χ3v) is 5.11. The van der Waals surface area contributed by atoms with Gasteiger partial charge in [-0.25, -0.2) is 0 Å². The average Bonchev–Trinajstić information content (AvgIpc) is 2.94. The number of primary amides is 1. The number of aryl methyl sites for hydroxylation is 1. The minimum absolute atomic E-state index is 0.397. The monoisotopic (exact) mass is 338 g/mol. The molecule has 1 atom stereocenters. The lowest BCUT2D eigenvalue weighted by Crippen LogP contribution is -2.19. The molecule has 24 heavy (non-hydrogen) atoms. The molecule has 0 aliphatic rings. The molecule has 6 heteroatoms. The zero-order chi connectivity index (χ0) is 17.1. The molecule has 122 valence electrons. The number of nitrogens with zero attached hydrogens (tertiary/aromatic N) is 3. The van der Waals surface area contributed by atoms with Crippen molar-refractivity contribution < 1.29 is 4.79 Å². The number of benzene rings is 2. The van der Waals surface area contributed by atoms with Crippen molar-refractivity contribution in [2.24, 2.45) is 12.8 Å². The number of hydrogen-bond donors (Lipinski definition) is 1. The standard InChI is InChI=1S/C18H18N4OS/c1-12-8-6-7-11-14(12)17-20-21-18(22(17)2)24-15(16(19)23)13-9-4-3-5-10-13/h3-11,15H,1-2H3,(H2,19,23). The van der Waals surface area contributed by atoms with Crippen LogP contribution in [0.1, 0.15) is 16.4 Å². The van der Waals surface area contributed by atoms with Crippen LogP contribution in [0.2, 0.25) is 0 Å². The summed E-state index contributed by atoms with van der Waals surface area (Å²) in [4.78, 5) is 11.9. The molecular weight excluding hydrogens is 320 g/mol. The summed E-state index contributed by atoms with van der Waals surface area (Å²) < 4.78 is 1.89. The Balaban J connectivity index is 1.94. The van der Waals surface area contributed by atoms with Crippen LogP contribution in [0.15, 0.2) is 59.8 Å². The highest BCUT2D eigenvalue weighted by Gasteiger charge is 2.23. The highest BCUT2D eigenvalue weighted by Crippen LogP contribution is 2.35. The van der Waals surface area contributed by atoms with E-state index in [4.69, 9.17) is 5.73 Å². The van der Waals surface area contributed by atoms with Crippen molar-refractivity contribution in [2.75, 3.05) is 0 Å². The van der Waals surface area contributed by atoms with Crippen LogP contribution in [-0.4, -0.2) is 20.7 Å². The molecule has 3 rings (SSSR count). The van der Waals surface area contributed by atoms with E-state index < -0.39 is 11.2 Å². The van der Waals surface area contributed by atoms with E-state index in [0.29, 0.717) is 5.16 Å². The first kappa shape index (κ1) is 16.3. The number of thioether (sulfide) groups is 1. The van der Waals surface area contributed by atoms with Crippen LogP contribution >= 0.6 is 11.8 Å². The van der Waals surface area contributed by atoms with Crippen molar-refractivity contribution in [3.05, 3.63) is 65.7 Å². The topological polar surface area (TPSA) is 73.8 Å². The Kier molecular flexibility index (Phi) is 4.66. The van der Waals surface area contributed by atoms with Crippen LogP contribution < -0.4 is 5.73 Å². The molecule has 0 bridgehead atoms. The zero-order valence-electron chi connectivity index (χ0n) is 13.5. The fourth-order valence-electron chi connectivity index (χ4n) is 2.50. The Morgan fingerprint density at radius 3 is 2.42 bits per heavy atom. The van der Waals surface area contributed by atoms with Crippen LogP contribution in [0.4, 0.5) is 0 Å². The van der Waals surface area contributed by atoms with Gasteiger partial charge in [0, 0.05) is 12.6 Å². The van der Waals surface area contributed by atoms with Crippen molar-refractivity contribution in [1.82, 2.24) is 14.8 Å². The lowest BCUT2D eigenvalue weighted by atomic mass is 10.1. The Labute approximate surface area is 144 Å². The third-order valence-electron chi connectivity index (χ3n) is 3.80. The van der Waals surface area contributed by atoms with E-state index in [2.05, 4.69) is 10.2 Å². The molecule has 0 saturated heterocycles. The molecule has 2 aromatic carbocycles. The highest BCUT2D eigenvalue weighted by atomic mass is 32.2. The second kappa shape index (κ2) is 6.88. The Bertz CT molecular complexity index is 860. The average molecular weight is 338 g/mol. The van der Waals surface area contributed by atoms with E-state index in [1.807, 2.05) is 73.1 Å². The number of aromatic nitrogens is 3. The maximum Gasteiger partial charge on any atom is 0.235 e. The van der Waals surface area contributed by atoms with E-state index in [1.165, 1.54) is 11.8 Å². The smallest absolute Gasteiger partial charge is 0.235 e. The molecule has 1 unspecified atom stereocenters. The molecule has 0 aliphatic carbocycles. The number of carbonyl (C=O) groups excluding carboxylic acids is 1. The summed E-state index contributed by atoms with van der Waals surface area (Å²) in [6, 6.07) is 17.5. The number of amides is 1. The van der Waals surface area contributed by atoms with Crippen LogP contribution in [0.5, 0.6) is 0 Å². The molecular formula is C18H18N4OS. The molecule has 0 fully saturated rings. The fourth-order valence-corrected chi connectivity index (χ4v) is 3.45. The molecule has 5 nitrogen and oxygen atoms in total. The number of nitrogens with two attached hydrogens (primary N) is 1. The number of hydrogen-bond acceptors (Lipinski definition) is 4. The van der Waals surface area contributed by atoms with Crippen molar-refractivity contribution >= 4 is 17.7 Å². The van der Waals surface area contributed by atoms with Crippen LogP contribution in [0.25, 0.3) is 11.4 Å². The minimum atomic E-state index is -0.501. The Morgan fingerprint density at radius 1 is 1.08 bits per heavy atom. The van der Waals surface area contributed by atoms with Gasteiger partial charge in [-0.1, -0.05) is 66.4 Å². The van der Waals surface area contributed by atoms with Gasteiger partial charge < -0.3 is 10.3 Å². The maximum absolute atomic E-state index is 11.9. The van der Waals surface area contributed by atoms with Crippen LogP contribution in [0.3, 0.4) is 0 Å². The summed E-state index contributed by atoms with van der Waals surface area (Å²) in [5.74, 6) is 0.374. The number of rotatable bonds is 5. The van der Waals surface area contributed by atoms with E-state index in [9.17, 15) is 4.79 Å². The van der Waals surface area contributed by atoms with Gasteiger partial charge in [-0.05, 0) is 18.1 Å². The molecule has 2 N–H and O–H groups in total. The van der Waals surface area contributed by atoms with Crippen LogP contribution in [0, 0.1) is 6.92 Å². The lowest BCUT2D eigenvalue weighted by molar-refractivity contribution is -0.117. The van der Waals surface area contributed by atoms with Gasteiger partial charge in [-0.3, -0.25) is 4.79 Å². The summed E-state index contributed by atoms with van der Waals surface area (Å²) in [5, 5.41) is 8.69. The molecule has 1 amide bonds. The third kappa shape index (κ3) is 3.19. The molecule has 1 aromatic heterocycles. The Morgan fingerprint density at radius 2 is 1.75 bits per heavy atom. The minimum Gasteiger partial charge on any atom is -0.368 e. The zero-order valence-corrected chi connectivity index (χ0v) is 14.3.